The van der Waals surface area contributed by atoms with Gasteiger partial charge in [-0.25, -0.2) is 9.97 Å². The van der Waals surface area contributed by atoms with Crippen molar-refractivity contribution in [2.75, 3.05) is 11.9 Å². The van der Waals surface area contributed by atoms with Gasteiger partial charge in [0.25, 0.3) is 5.91 Å². The first-order valence-electron chi connectivity index (χ1n) is 10.6. The van der Waals surface area contributed by atoms with Crippen molar-refractivity contribution in [3.63, 3.8) is 0 Å². The summed E-state index contributed by atoms with van der Waals surface area (Å²) < 4.78 is 1.64. The fraction of sp³-hybridized carbons (Fsp3) is 0.409. The summed E-state index contributed by atoms with van der Waals surface area (Å²) in [5.41, 5.74) is 5.94. The highest BCUT2D eigenvalue weighted by Gasteiger charge is 2.53. The summed E-state index contributed by atoms with van der Waals surface area (Å²) in [6.45, 7) is 4.19. The van der Waals surface area contributed by atoms with Gasteiger partial charge in [-0.1, -0.05) is 6.92 Å². The molecule has 3 atom stereocenters. The van der Waals surface area contributed by atoms with Crippen LogP contribution in [0, 0.1) is 11.3 Å². The van der Waals surface area contributed by atoms with Crippen LogP contribution in [0.15, 0.2) is 30.7 Å². The Morgan fingerprint density at radius 3 is 3.10 bits per heavy atom. The van der Waals surface area contributed by atoms with Crippen molar-refractivity contribution in [3.05, 3.63) is 42.0 Å². The number of rotatable bonds is 4. The van der Waals surface area contributed by atoms with Gasteiger partial charge in [-0.3, -0.25) is 14.6 Å². The Morgan fingerprint density at radius 1 is 1.42 bits per heavy atom. The van der Waals surface area contributed by atoms with Gasteiger partial charge in [-0.05, 0) is 49.7 Å². The lowest BCUT2D eigenvalue weighted by Crippen LogP contribution is -2.33. The van der Waals surface area contributed by atoms with Crippen LogP contribution in [0.25, 0.3) is 22.7 Å². The number of imidazole rings is 1. The van der Waals surface area contributed by atoms with Gasteiger partial charge >= 0.3 is 0 Å². The van der Waals surface area contributed by atoms with Crippen LogP contribution in [-0.2, 0) is 17.6 Å². The molecule has 9 heteroatoms. The van der Waals surface area contributed by atoms with Crippen LogP contribution in [0.1, 0.15) is 37.6 Å². The van der Waals surface area contributed by atoms with E-state index in [4.69, 9.17) is 0 Å². The van der Waals surface area contributed by atoms with Crippen molar-refractivity contribution in [1.82, 2.24) is 34.9 Å². The summed E-state index contributed by atoms with van der Waals surface area (Å²) in [6.07, 6.45) is 8.53. The Kier molecular flexibility index (Phi) is 3.69. The topological polar surface area (TPSA) is 108 Å². The van der Waals surface area contributed by atoms with Gasteiger partial charge in [0.15, 0.2) is 11.5 Å². The third kappa shape index (κ3) is 2.79. The number of carbonyl (C=O) groups excluding carboxylic acids is 1. The lowest BCUT2D eigenvalue weighted by molar-refractivity contribution is -0.121. The Bertz CT molecular complexity index is 1300. The molecular weight excluding hydrogens is 392 g/mol. The molecule has 1 fully saturated rings. The molecule has 0 aliphatic heterocycles. The number of hydrogen-bond donors (Lipinski definition) is 2. The average Bonchev–Trinajstić information content (AvgIpc) is 3.23. The van der Waals surface area contributed by atoms with Crippen molar-refractivity contribution in [2.45, 2.75) is 39.2 Å². The number of aromatic nitrogens is 7. The summed E-state index contributed by atoms with van der Waals surface area (Å²) in [4.78, 5) is 27.0. The first kappa shape index (κ1) is 18.3. The minimum atomic E-state index is -0.406. The highest BCUT2D eigenvalue weighted by molar-refractivity contribution is 5.96. The minimum absolute atomic E-state index is 0.0709. The zero-order valence-electron chi connectivity index (χ0n) is 17.8. The zero-order valence-corrected chi connectivity index (χ0v) is 17.8. The fourth-order valence-electron chi connectivity index (χ4n) is 4.87. The first-order chi connectivity index (χ1) is 14.9. The molecule has 2 aliphatic carbocycles. The van der Waals surface area contributed by atoms with E-state index < -0.39 is 6.04 Å². The second-order valence-electron chi connectivity index (χ2n) is 9.17. The molecule has 0 bridgehead atoms. The van der Waals surface area contributed by atoms with E-state index in [1.165, 1.54) is 17.7 Å². The van der Waals surface area contributed by atoms with Crippen LogP contribution < -0.4 is 4.90 Å². The summed E-state index contributed by atoms with van der Waals surface area (Å²) in [5.74, 6) is 1.40. The van der Waals surface area contributed by atoms with Crippen molar-refractivity contribution in [1.29, 1.82) is 0 Å². The zero-order chi connectivity index (χ0) is 21.3. The number of aromatic amines is 2. The van der Waals surface area contributed by atoms with Gasteiger partial charge < -0.3 is 9.88 Å². The Balaban J connectivity index is 1.30. The number of amides is 1. The molecule has 9 nitrogen and oxygen atoms in total. The number of anilines is 1. The van der Waals surface area contributed by atoms with E-state index in [1.807, 2.05) is 13.0 Å². The number of pyridine rings is 1. The van der Waals surface area contributed by atoms with E-state index >= 15 is 0 Å². The predicted octanol–water partition coefficient (Wildman–Crippen LogP) is 2.89. The monoisotopic (exact) mass is 416 g/mol. The SMILES string of the molecule is CC(C(=O)N(C)c1cnc2nc(-c3n[nH]c4c3C[C@@H]3C[C@]3(C)C4)[nH]c2c1)n1cccn1. The Morgan fingerprint density at radius 2 is 2.29 bits per heavy atom. The van der Waals surface area contributed by atoms with Crippen molar-refractivity contribution < 1.29 is 4.79 Å². The Labute approximate surface area is 178 Å². The third-order valence-corrected chi connectivity index (χ3v) is 7.07. The maximum absolute atomic E-state index is 12.9. The minimum Gasteiger partial charge on any atom is -0.335 e. The van der Waals surface area contributed by atoms with Crippen LogP contribution in [0.2, 0.25) is 0 Å². The van der Waals surface area contributed by atoms with E-state index in [0.717, 1.165) is 35.8 Å². The molecule has 31 heavy (non-hydrogen) atoms. The van der Waals surface area contributed by atoms with E-state index in [2.05, 4.69) is 37.2 Å². The Hall–Kier alpha value is -3.49. The molecule has 1 saturated carbocycles. The standard InChI is InChI=1S/C22H24N8O/c1-12(30-6-4-5-24-30)21(31)29(3)14-8-16-19(23-11-14)26-20(25-16)18-15-7-13-9-22(13,2)10-17(15)27-28-18/h4-6,8,11-13H,7,9-10H2,1-3H3,(H,27,28)(H,23,25,26)/t12?,13-,22-/m1/s1. The van der Waals surface area contributed by atoms with Crippen LogP contribution in [-0.4, -0.2) is 47.9 Å². The molecule has 4 aromatic rings. The van der Waals surface area contributed by atoms with Gasteiger partial charge in [0.05, 0.1) is 17.4 Å². The van der Waals surface area contributed by atoms with Crippen LogP contribution in [0.4, 0.5) is 5.69 Å². The van der Waals surface area contributed by atoms with Crippen LogP contribution in [0.3, 0.4) is 0 Å². The summed E-state index contributed by atoms with van der Waals surface area (Å²) in [6, 6.07) is 3.31. The van der Waals surface area contributed by atoms with Crippen LogP contribution in [0.5, 0.6) is 0 Å². The maximum Gasteiger partial charge on any atom is 0.251 e. The normalized spacial score (nSPS) is 22.7. The lowest BCUT2D eigenvalue weighted by Gasteiger charge is -2.21. The molecule has 4 heterocycles. The third-order valence-electron chi connectivity index (χ3n) is 7.07. The number of hydrogen-bond acceptors (Lipinski definition) is 5. The smallest absolute Gasteiger partial charge is 0.251 e. The largest absolute Gasteiger partial charge is 0.335 e. The fourth-order valence-corrected chi connectivity index (χ4v) is 4.87. The molecule has 4 aromatic heterocycles. The molecule has 2 aliphatic rings. The molecule has 158 valence electrons. The number of fused-ring (bicyclic) bond motifs is 3. The van der Waals surface area contributed by atoms with Gasteiger partial charge in [0.2, 0.25) is 0 Å². The highest BCUT2D eigenvalue weighted by Crippen LogP contribution is 2.59. The molecule has 2 N–H and O–H groups in total. The number of carbonyl (C=O) groups is 1. The number of H-pyrrole nitrogens is 2. The van der Waals surface area contributed by atoms with E-state index in [-0.39, 0.29) is 5.91 Å². The quantitative estimate of drug-likeness (QED) is 0.532. The van der Waals surface area contributed by atoms with E-state index in [0.29, 0.717) is 16.7 Å². The van der Waals surface area contributed by atoms with E-state index in [9.17, 15) is 4.79 Å². The van der Waals surface area contributed by atoms with Crippen molar-refractivity contribution in [2.24, 2.45) is 11.3 Å². The number of nitrogens with zero attached hydrogens (tertiary/aromatic N) is 6. The van der Waals surface area contributed by atoms with Gasteiger partial charge in [-0.15, -0.1) is 0 Å². The molecule has 0 saturated heterocycles. The van der Waals surface area contributed by atoms with E-state index in [1.54, 1.807) is 41.3 Å². The molecule has 1 unspecified atom stereocenters. The predicted molar refractivity (Wildman–Crippen MR) is 115 cm³/mol. The van der Waals surface area contributed by atoms with Gasteiger partial charge in [-0.2, -0.15) is 10.2 Å². The number of nitrogens with one attached hydrogen (secondary N) is 2. The second-order valence-corrected chi connectivity index (χ2v) is 9.17. The van der Waals surface area contributed by atoms with Crippen molar-refractivity contribution in [3.8, 4) is 11.5 Å². The molecule has 6 rings (SSSR count). The maximum atomic E-state index is 12.9. The summed E-state index contributed by atoms with van der Waals surface area (Å²) >= 11 is 0. The molecular formula is C22H24N8O. The molecule has 0 radical (unpaired) electrons. The summed E-state index contributed by atoms with van der Waals surface area (Å²) in [5, 5.41) is 12.0. The van der Waals surface area contributed by atoms with Gasteiger partial charge in [0.1, 0.15) is 11.7 Å². The molecule has 1 amide bonds. The average molecular weight is 416 g/mol. The number of likely N-dealkylation sites (N-methyl/N-ethyl adjacent to an activating group) is 1. The molecule has 0 spiro atoms. The van der Waals surface area contributed by atoms with Crippen LogP contribution >= 0.6 is 0 Å². The second kappa shape index (κ2) is 6.26. The summed E-state index contributed by atoms with van der Waals surface area (Å²) in [7, 11) is 1.75. The highest BCUT2D eigenvalue weighted by atomic mass is 16.2. The lowest BCUT2D eigenvalue weighted by atomic mass is 9.88. The van der Waals surface area contributed by atoms with Gasteiger partial charge in [0, 0.05) is 30.7 Å². The molecule has 0 aromatic carbocycles. The van der Waals surface area contributed by atoms with Crippen molar-refractivity contribution >= 4 is 22.8 Å². The first-order valence-corrected chi connectivity index (χ1v) is 10.6.